The summed E-state index contributed by atoms with van der Waals surface area (Å²) in [5.41, 5.74) is 0.805. The first kappa shape index (κ1) is 13.2. The first-order valence-electron chi connectivity index (χ1n) is 5.07. The monoisotopic (exact) mass is 245 g/mol. The highest BCUT2D eigenvalue weighted by Gasteiger charge is 1.97. The Morgan fingerprint density at radius 1 is 1.25 bits per heavy atom. The number of hydrogen-bond donors (Lipinski definition) is 0. The molecule has 90 valence electrons. The summed E-state index contributed by atoms with van der Waals surface area (Å²) in [5.74, 6) is 1.16. The lowest BCUT2D eigenvalue weighted by Crippen LogP contribution is -2.10. The fourth-order valence-corrected chi connectivity index (χ4v) is 1.23. The normalized spacial score (nSPS) is 10.4. The van der Waals surface area contributed by atoms with E-state index in [0.29, 0.717) is 32.3 Å². The lowest BCUT2D eigenvalue weighted by molar-refractivity contribution is 0.0544. The fourth-order valence-electron chi connectivity index (χ4n) is 1.08. The zero-order chi connectivity index (χ0) is 11.6. The van der Waals surface area contributed by atoms with E-state index in [0.717, 1.165) is 11.4 Å². The van der Waals surface area contributed by atoms with Gasteiger partial charge in [0.1, 0.15) is 12.4 Å². The molecule has 0 aromatic carbocycles. The molecule has 5 heteroatoms. The van der Waals surface area contributed by atoms with Gasteiger partial charge in [0.15, 0.2) is 0 Å². The summed E-state index contributed by atoms with van der Waals surface area (Å²) in [6.07, 6.45) is 1.68. The molecule has 4 nitrogen and oxygen atoms in total. The van der Waals surface area contributed by atoms with Crippen molar-refractivity contribution in [3.8, 4) is 5.75 Å². The van der Waals surface area contributed by atoms with Crippen molar-refractivity contribution in [2.75, 3.05) is 33.5 Å². The van der Waals surface area contributed by atoms with E-state index in [2.05, 4.69) is 4.98 Å². The molecule has 0 N–H and O–H groups in total. The van der Waals surface area contributed by atoms with E-state index in [1.807, 2.05) is 6.07 Å². The molecule has 0 aliphatic carbocycles. The molecule has 1 aromatic rings. The SMILES string of the molecule is COCCOCCOc1ccnc(CCl)c1. The number of aromatic nitrogens is 1. The maximum atomic E-state index is 5.66. The Labute approximate surface area is 100 Å². The molecule has 0 aliphatic rings. The van der Waals surface area contributed by atoms with Gasteiger partial charge >= 0.3 is 0 Å². The maximum Gasteiger partial charge on any atom is 0.122 e. The van der Waals surface area contributed by atoms with Gasteiger partial charge in [-0.05, 0) is 6.07 Å². The molecule has 0 fully saturated rings. The smallest absolute Gasteiger partial charge is 0.122 e. The van der Waals surface area contributed by atoms with Crippen molar-refractivity contribution < 1.29 is 14.2 Å². The largest absolute Gasteiger partial charge is 0.491 e. The van der Waals surface area contributed by atoms with E-state index >= 15 is 0 Å². The van der Waals surface area contributed by atoms with E-state index in [9.17, 15) is 0 Å². The zero-order valence-electron chi connectivity index (χ0n) is 9.32. The van der Waals surface area contributed by atoms with Crippen LogP contribution in [0.1, 0.15) is 5.69 Å². The van der Waals surface area contributed by atoms with E-state index in [1.54, 1.807) is 19.4 Å². The minimum atomic E-state index is 0.390. The van der Waals surface area contributed by atoms with E-state index in [-0.39, 0.29) is 0 Å². The fraction of sp³-hybridized carbons (Fsp3) is 0.545. The zero-order valence-corrected chi connectivity index (χ0v) is 10.1. The van der Waals surface area contributed by atoms with Gasteiger partial charge in [-0.2, -0.15) is 0 Å². The molecule has 0 amide bonds. The van der Waals surface area contributed by atoms with Crippen LogP contribution in [0.3, 0.4) is 0 Å². The predicted octanol–water partition coefficient (Wildman–Crippen LogP) is 1.86. The van der Waals surface area contributed by atoms with Gasteiger partial charge in [0.05, 0.1) is 31.4 Å². The number of rotatable bonds is 8. The summed E-state index contributed by atoms with van der Waals surface area (Å²) >= 11 is 5.66. The Balaban J connectivity index is 2.16. The number of ether oxygens (including phenoxy) is 3. The highest BCUT2D eigenvalue weighted by molar-refractivity contribution is 6.16. The molecule has 1 rings (SSSR count). The number of pyridine rings is 1. The van der Waals surface area contributed by atoms with Crippen molar-refractivity contribution >= 4 is 11.6 Å². The summed E-state index contributed by atoms with van der Waals surface area (Å²) < 4.78 is 15.6. The number of hydrogen-bond acceptors (Lipinski definition) is 4. The molecule has 0 saturated carbocycles. The van der Waals surface area contributed by atoms with Crippen LogP contribution in [-0.2, 0) is 15.4 Å². The van der Waals surface area contributed by atoms with Crippen molar-refractivity contribution in [3.63, 3.8) is 0 Å². The molecule has 1 aromatic heterocycles. The van der Waals surface area contributed by atoms with Crippen LogP contribution >= 0.6 is 11.6 Å². The quantitative estimate of drug-likeness (QED) is 0.518. The van der Waals surface area contributed by atoms with Crippen LogP contribution in [0.4, 0.5) is 0 Å². The number of methoxy groups -OCH3 is 1. The van der Waals surface area contributed by atoms with Gasteiger partial charge in [0, 0.05) is 19.4 Å². The molecule has 0 atom stereocenters. The maximum absolute atomic E-state index is 5.66. The van der Waals surface area contributed by atoms with Gasteiger partial charge in [-0.15, -0.1) is 11.6 Å². The molecule has 0 spiro atoms. The molecule has 1 heterocycles. The van der Waals surface area contributed by atoms with Crippen LogP contribution in [0.15, 0.2) is 18.3 Å². The van der Waals surface area contributed by atoms with Gasteiger partial charge < -0.3 is 14.2 Å². The molecular formula is C11H16ClNO3. The molecule has 0 unspecified atom stereocenters. The Morgan fingerprint density at radius 3 is 2.81 bits per heavy atom. The lowest BCUT2D eigenvalue weighted by atomic mass is 10.3. The number of nitrogens with zero attached hydrogens (tertiary/aromatic N) is 1. The van der Waals surface area contributed by atoms with Gasteiger partial charge in [0.25, 0.3) is 0 Å². The summed E-state index contributed by atoms with van der Waals surface area (Å²) in [6, 6.07) is 3.62. The third-order valence-electron chi connectivity index (χ3n) is 1.85. The van der Waals surface area contributed by atoms with Crippen molar-refractivity contribution in [1.82, 2.24) is 4.98 Å². The van der Waals surface area contributed by atoms with Crippen LogP contribution in [0.5, 0.6) is 5.75 Å². The van der Waals surface area contributed by atoms with Crippen molar-refractivity contribution in [3.05, 3.63) is 24.0 Å². The minimum Gasteiger partial charge on any atom is -0.491 e. The highest BCUT2D eigenvalue weighted by Crippen LogP contribution is 2.11. The van der Waals surface area contributed by atoms with Crippen LogP contribution < -0.4 is 4.74 Å². The van der Waals surface area contributed by atoms with Crippen LogP contribution in [0, 0.1) is 0 Å². The molecule has 0 radical (unpaired) electrons. The van der Waals surface area contributed by atoms with Gasteiger partial charge in [-0.25, -0.2) is 0 Å². The molecular weight excluding hydrogens is 230 g/mol. The molecule has 0 aliphatic heterocycles. The molecule has 0 saturated heterocycles. The lowest BCUT2D eigenvalue weighted by Gasteiger charge is -2.07. The third kappa shape index (κ3) is 5.30. The van der Waals surface area contributed by atoms with Crippen molar-refractivity contribution in [2.45, 2.75) is 5.88 Å². The minimum absolute atomic E-state index is 0.390. The van der Waals surface area contributed by atoms with E-state index in [4.69, 9.17) is 25.8 Å². The summed E-state index contributed by atoms with van der Waals surface area (Å²) in [4.78, 5) is 4.07. The summed E-state index contributed by atoms with van der Waals surface area (Å²) in [7, 11) is 1.64. The average Bonchev–Trinajstić information content (AvgIpc) is 2.34. The van der Waals surface area contributed by atoms with Gasteiger partial charge in [0.2, 0.25) is 0 Å². The second kappa shape index (κ2) is 8.33. The second-order valence-electron chi connectivity index (χ2n) is 3.07. The summed E-state index contributed by atoms with van der Waals surface area (Å²) in [6.45, 7) is 2.24. The number of halogens is 1. The van der Waals surface area contributed by atoms with Crippen molar-refractivity contribution in [2.24, 2.45) is 0 Å². The first-order valence-corrected chi connectivity index (χ1v) is 5.60. The Kier molecular flexibility index (Phi) is 6.88. The van der Waals surface area contributed by atoms with Gasteiger partial charge in [-0.1, -0.05) is 0 Å². The molecule has 16 heavy (non-hydrogen) atoms. The molecule has 0 bridgehead atoms. The highest BCUT2D eigenvalue weighted by atomic mass is 35.5. The van der Waals surface area contributed by atoms with Crippen LogP contribution in [0.2, 0.25) is 0 Å². The van der Waals surface area contributed by atoms with Gasteiger partial charge in [-0.3, -0.25) is 4.98 Å². The van der Waals surface area contributed by atoms with Crippen LogP contribution in [-0.4, -0.2) is 38.5 Å². The standard InChI is InChI=1S/C11H16ClNO3/c1-14-4-5-15-6-7-16-11-2-3-13-10(8-11)9-12/h2-3,8H,4-7,9H2,1H3. The van der Waals surface area contributed by atoms with Crippen molar-refractivity contribution in [1.29, 1.82) is 0 Å². The Bertz CT molecular complexity index is 296. The van der Waals surface area contributed by atoms with Crippen LogP contribution in [0.25, 0.3) is 0 Å². The van der Waals surface area contributed by atoms with E-state index < -0.39 is 0 Å². The predicted molar refractivity (Wildman–Crippen MR) is 62.0 cm³/mol. The first-order chi connectivity index (χ1) is 7.86. The van der Waals surface area contributed by atoms with E-state index in [1.165, 1.54) is 0 Å². The number of alkyl halides is 1. The summed E-state index contributed by atoms with van der Waals surface area (Å²) in [5, 5.41) is 0. The Hall–Kier alpha value is -0.840. The Morgan fingerprint density at radius 2 is 2.06 bits per heavy atom. The second-order valence-corrected chi connectivity index (χ2v) is 3.34. The topological polar surface area (TPSA) is 40.6 Å². The third-order valence-corrected chi connectivity index (χ3v) is 2.13. The average molecular weight is 246 g/mol.